The summed E-state index contributed by atoms with van der Waals surface area (Å²) in [5.74, 6) is 2.57. The fourth-order valence-electron chi connectivity index (χ4n) is 2.96. The monoisotopic (exact) mass is 295 g/mol. The highest BCUT2D eigenvalue weighted by molar-refractivity contribution is 5.85. The lowest BCUT2D eigenvalue weighted by atomic mass is 9.89. The molecule has 0 radical (unpaired) electrons. The van der Waals surface area contributed by atoms with Crippen molar-refractivity contribution in [2.75, 3.05) is 11.9 Å². The molecule has 2 heterocycles. The second-order valence-electron chi connectivity index (χ2n) is 5.33. The Bertz CT molecular complexity index is 506. The van der Waals surface area contributed by atoms with E-state index in [0.717, 1.165) is 36.3 Å². The zero-order valence-electron chi connectivity index (χ0n) is 11.9. The van der Waals surface area contributed by atoms with Crippen molar-refractivity contribution in [3.63, 3.8) is 0 Å². The molecule has 0 atom stereocenters. The van der Waals surface area contributed by atoms with Crippen LogP contribution in [0.4, 0.5) is 5.82 Å². The topological polar surface area (TPSA) is 55.6 Å². The maximum atomic E-state index is 4.48. The Morgan fingerprint density at radius 1 is 1.20 bits per heavy atom. The van der Waals surface area contributed by atoms with E-state index in [1.165, 1.54) is 32.1 Å². The number of anilines is 1. The zero-order chi connectivity index (χ0) is 13.1. The summed E-state index contributed by atoms with van der Waals surface area (Å²) in [6.07, 6.45) is 10.3. The quantitative estimate of drug-likeness (QED) is 0.941. The first-order valence-corrected chi connectivity index (χ1v) is 7.28. The summed E-state index contributed by atoms with van der Waals surface area (Å²) < 4.78 is 2.17. The number of nitrogens with one attached hydrogen (secondary N) is 1. The van der Waals surface area contributed by atoms with Crippen molar-refractivity contribution in [2.45, 2.75) is 45.6 Å². The van der Waals surface area contributed by atoms with E-state index in [-0.39, 0.29) is 12.4 Å². The fourth-order valence-corrected chi connectivity index (χ4v) is 2.96. The van der Waals surface area contributed by atoms with Gasteiger partial charge in [0, 0.05) is 13.1 Å². The van der Waals surface area contributed by atoms with Crippen LogP contribution >= 0.6 is 12.4 Å². The molecule has 5 nitrogen and oxygen atoms in total. The van der Waals surface area contributed by atoms with Crippen LogP contribution in [-0.4, -0.2) is 26.1 Å². The van der Waals surface area contributed by atoms with Gasteiger partial charge >= 0.3 is 0 Å². The molecule has 0 amide bonds. The number of aromatic nitrogens is 4. The Labute approximate surface area is 126 Å². The predicted molar refractivity (Wildman–Crippen MR) is 82.4 cm³/mol. The van der Waals surface area contributed by atoms with E-state index in [1.54, 1.807) is 6.33 Å². The molecule has 0 saturated heterocycles. The number of hydrogen-bond acceptors (Lipinski definition) is 4. The van der Waals surface area contributed by atoms with Crippen LogP contribution in [0.15, 0.2) is 12.7 Å². The Kier molecular flexibility index (Phi) is 5.17. The molecule has 0 bridgehead atoms. The van der Waals surface area contributed by atoms with Gasteiger partial charge in [-0.15, -0.1) is 12.4 Å². The van der Waals surface area contributed by atoms with Crippen molar-refractivity contribution in [1.29, 1.82) is 0 Å². The molecular formula is C14H22ClN5. The van der Waals surface area contributed by atoms with Gasteiger partial charge in [0.05, 0.1) is 6.33 Å². The number of imidazole rings is 1. The molecule has 3 rings (SSSR count). The number of halogens is 1. The van der Waals surface area contributed by atoms with E-state index >= 15 is 0 Å². The van der Waals surface area contributed by atoms with E-state index < -0.39 is 0 Å². The summed E-state index contributed by atoms with van der Waals surface area (Å²) >= 11 is 0. The van der Waals surface area contributed by atoms with Crippen molar-refractivity contribution in [3.8, 4) is 11.5 Å². The average Bonchev–Trinajstić information content (AvgIpc) is 2.93. The minimum absolute atomic E-state index is 0. The minimum atomic E-state index is 0. The molecule has 0 aromatic carbocycles. The summed E-state index contributed by atoms with van der Waals surface area (Å²) in [5.41, 5.74) is 0.889. The van der Waals surface area contributed by atoms with Crippen LogP contribution in [0.25, 0.3) is 11.5 Å². The molecule has 20 heavy (non-hydrogen) atoms. The highest BCUT2D eigenvalue weighted by Gasteiger charge is 2.20. The normalized spacial score (nSPS) is 16.1. The maximum Gasteiger partial charge on any atom is 0.165 e. The maximum absolute atomic E-state index is 4.48. The molecule has 0 unspecified atom stereocenters. The van der Waals surface area contributed by atoms with E-state index in [2.05, 4.69) is 31.8 Å². The van der Waals surface area contributed by atoms with Gasteiger partial charge in [-0.3, -0.25) is 0 Å². The lowest BCUT2D eigenvalue weighted by molar-refractivity contribution is 0.318. The van der Waals surface area contributed by atoms with Crippen molar-refractivity contribution in [2.24, 2.45) is 5.92 Å². The summed E-state index contributed by atoms with van der Waals surface area (Å²) in [6, 6.07) is 0. The first-order valence-electron chi connectivity index (χ1n) is 7.28. The van der Waals surface area contributed by atoms with E-state index in [4.69, 9.17) is 0 Å². The van der Waals surface area contributed by atoms with Crippen LogP contribution in [0.1, 0.15) is 39.0 Å². The first kappa shape index (κ1) is 15.0. The van der Waals surface area contributed by atoms with Gasteiger partial charge in [0.25, 0.3) is 0 Å². The molecule has 1 fully saturated rings. The predicted octanol–water partition coefficient (Wildman–Crippen LogP) is 3.21. The van der Waals surface area contributed by atoms with Crippen LogP contribution in [0.2, 0.25) is 0 Å². The molecule has 0 aromatic heterocycles. The lowest BCUT2D eigenvalue weighted by Crippen LogP contribution is -2.17. The molecule has 1 N–H and O–H groups in total. The van der Waals surface area contributed by atoms with Gasteiger partial charge in [-0.1, -0.05) is 19.3 Å². The Hall–Kier alpha value is -1.36. The fraction of sp³-hybridized carbons (Fsp3) is 0.643. The molecule has 2 aliphatic heterocycles. The first-order chi connectivity index (χ1) is 9.38. The summed E-state index contributed by atoms with van der Waals surface area (Å²) in [7, 11) is 0. The van der Waals surface area contributed by atoms with Crippen LogP contribution in [0.5, 0.6) is 0 Å². The van der Waals surface area contributed by atoms with Gasteiger partial charge in [0.15, 0.2) is 11.6 Å². The third-order valence-electron chi connectivity index (χ3n) is 3.93. The molecule has 0 spiro atoms. The molecule has 6 heteroatoms. The molecule has 110 valence electrons. The average molecular weight is 296 g/mol. The SMILES string of the molecule is CCNc1ncn(CC2CCCCC2)c2ncnc1-2.Cl. The van der Waals surface area contributed by atoms with Crippen molar-refractivity contribution in [1.82, 2.24) is 19.5 Å². The summed E-state index contributed by atoms with van der Waals surface area (Å²) in [4.78, 5) is 13.2. The minimum Gasteiger partial charge on any atom is -0.368 e. The third-order valence-corrected chi connectivity index (χ3v) is 3.93. The smallest absolute Gasteiger partial charge is 0.165 e. The number of fused-ring (bicyclic) bond motifs is 1. The largest absolute Gasteiger partial charge is 0.368 e. The Morgan fingerprint density at radius 3 is 2.75 bits per heavy atom. The molecule has 1 aliphatic carbocycles. The summed E-state index contributed by atoms with van der Waals surface area (Å²) in [5, 5.41) is 3.24. The number of nitrogens with zero attached hydrogens (tertiary/aromatic N) is 4. The molecule has 0 aromatic rings. The van der Waals surface area contributed by atoms with Gasteiger partial charge in [0.2, 0.25) is 0 Å². The van der Waals surface area contributed by atoms with E-state index in [1.807, 2.05) is 6.33 Å². The van der Waals surface area contributed by atoms with E-state index in [9.17, 15) is 0 Å². The van der Waals surface area contributed by atoms with Crippen molar-refractivity contribution >= 4 is 18.2 Å². The van der Waals surface area contributed by atoms with E-state index in [0.29, 0.717) is 0 Å². The Balaban J connectivity index is 0.00000147. The highest BCUT2D eigenvalue weighted by atomic mass is 35.5. The van der Waals surface area contributed by atoms with Crippen molar-refractivity contribution < 1.29 is 0 Å². The standard InChI is InChI=1S/C14H21N5.ClH/c1-2-15-13-12-14(17-9-16-12)19(10-18-13)8-11-6-4-3-5-7-11;/h9-11,15H,2-8H2,1H3;1H. The van der Waals surface area contributed by atoms with Crippen LogP contribution in [0.3, 0.4) is 0 Å². The van der Waals surface area contributed by atoms with Gasteiger partial charge in [-0.25, -0.2) is 15.0 Å². The third kappa shape index (κ3) is 3.03. The Morgan fingerprint density at radius 2 is 2.00 bits per heavy atom. The van der Waals surface area contributed by atoms with Gasteiger partial charge in [-0.05, 0) is 25.7 Å². The second-order valence-corrected chi connectivity index (χ2v) is 5.33. The van der Waals surface area contributed by atoms with Crippen LogP contribution < -0.4 is 5.32 Å². The van der Waals surface area contributed by atoms with Crippen LogP contribution in [-0.2, 0) is 6.54 Å². The molecule has 3 aliphatic rings. The van der Waals surface area contributed by atoms with Gasteiger partial charge in [0.1, 0.15) is 12.0 Å². The number of hydrogen-bond donors (Lipinski definition) is 1. The van der Waals surface area contributed by atoms with Gasteiger partial charge in [-0.2, -0.15) is 0 Å². The molecule has 1 saturated carbocycles. The lowest BCUT2D eigenvalue weighted by Gasteiger charge is -2.23. The molecular weight excluding hydrogens is 274 g/mol. The summed E-state index contributed by atoms with van der Waals surface area (Å²) in [6.45, 7) is 3.93. The van der Waals surface area contributed by atoms with Crippen molar-refractivity contribution in [3.05, 3.63) is 12.7 Å². The second kappa shape index (κ2) is 6.88. The zero-order valence-corrected chi connectivity index (χ0v) is 12.7. The highest BCUT2D eigenvalue weighted by Crippen LogP contribution is 2.28. The van der Waals surface area contributed by atoms with Crippen LogP contribution in [0, 0.1) is 5.92 Å². The van der Waals surface area contributed by atoms with Gasteiger partial charge < -0.3 is 9.88 Å². The number of rotatable bonds is 4.